The maximum absolute atomic E-state index is 11.8. The van der Waals surface area contributed by atoms with Gasteiger partial charge in [0.05, 0.1) is 17.0 Å². The molecular formula is C14H12N2O5. The van der Waals surface area contributed by atoms with Gasteiger partial charge in [0, 0.05) is 23.9 Å². The number of nitro benzene ring substituents is 1. The molecule has 0 aliphatic carbocycles. The van der Waals surface area contributed by atoms with Gasteiger partial charge in [-0.05, 0) is 18.6 Å². The van der Waals surface area contributed by atoms with Gasteiger partial charge in [-0.15, -0.1) is 0 Å². The number of rotatable bonds is 4. The van der Waals surface area contributed by atoms with Crippen molar-refractivity contribution in [2.45, 2.75) is 13.5 Å². The number of hydrogen-bond acceptors (Lipinski definition) is 4. The molecule has 0 saturated carbocycles. The summed E-state index contributed by atoms with van der Waals surface area (Å²) in [4.78, 5) is 33.1. The average molecular weight is 288 g/mol. The minimum atomic E-state index is -1.14. The first kappa shape index (κ1) is 14.4. The molecular weight excluding hydrogens is 276 g/mol. The predicted molar refractivity (Wildman–Crippen MR) is 74.6 cm³/mol. The molecule has 0 fully saturated rings. The number of hydrogen-bond donors (Lipinski definition) is 1. The van der Waals surface area contributed by atoms with Crippen LogP contribution in [0, 0.1) is 17.0 Å². The van der Waals surface area contributed by atoms with Crippen LogP contribution in [0.3, 0.4) is 0 Å². The van der Waals surface area contributed by atoms with Gasteiger partial charge in [0.1, 0.15) is 0 Å². The van der Waals surface area contributed by atoms with Gasteiger partial charge in [0.2, 0.25) is 0 Å². The smallest absolute Gasteiger partial charge is 0.337 e. The monoisotopic (exact) mass is 288 g/mol. The molecule has 0 unspecified atom stereocenters. The molecule has 0 saturated heterocycles. The van der Waals surface area contributed by atoms with Gasteiger partial charge in [-0.2, -0.15) is 0 Å². The zero-order valence-electron chi connectivity index (χ0n) is 11.1. The third-order valence-corrected chi connectivity index (χ3v) is 3.19. The van der Waals surface area contributed by atoms with E-state index in [2.05, 4.69) is 0 Å². The number of carboxylic acids is 1. The minimum absolute atomic E-state index is 0.0160. The van der Waals surface area contributed by atoms with E-state index < -0.39 is 10.9 Å². The van der Waals surface area contributed by atoms with Crippen LogP contribution in [0.2, 0.25) is 0 Å². The van der Waals surface area contributed by atoms with Crippen molar-refractivity contribution in [2.24, 2.45) is 0 Å². The molecule has 1 heterocycles. The maximum atomic E-state index is 11.8. The number of aromatic nitrogens is 1. The van der Waals surface area contributed by atoms with E-state index in [9.17, 15) is 19.7 Å². The Kier molecular flexibility index (Phi) is 3.84. The van der Waals surface area contributed by atoms with Gasteiger partial charge >= 0.3 is 5.97 Å². The van der Waals surface area contributed by atoms with Crippen molar-refractivity contribution in [3.05, 3.63) is 73.7 Å². The fraction of sp³-hybridized carbons (Fsp3) is 0.143. The van der Waals surface area contributed by atoms with Crippen LogP contribution in [-0.4, -0.2) is 20.6 Å². The summed E-state index contributed by atoms with van der Waals surface area (Å²) < 4.78 is 1.22. The zero-order chi connectivity index (χ0) is 15.6. The molecule has 21 heavy (non-hydrogen) atoms. The Labute approximate surface area is 119 Å². The Morgan fingerprint density at radius 1 is 1.33 bits per heavy atom. The summed E-state index contributed by atoms with van der Waals surface area (Å²) in [5.41, 5.74) is 0.627. The second-order valence-corrected chi connectivity index (χ2v) is 4.51. The second kappa shape index (κ2) is 5.58. The van der Waals surface area contributed by atoms with E-state index in [4.69, 9.17) is 5.11 Å². The number of benzene rings is 1. The van der Waals surface area contributed by atoms with Gasteiger partial charge < -0.3 is 9.67 Å². The van der Waals surface area contributed by atoms with Crippen LogP contribution < -0.4 is 5.56 Å². The topological polar surface area (TPSA) is 102 Å². The average Bonchev–Trinajstić information content (AvgIpc) is 2.42. The maximum Gasteiger partial charge on any atom is 0.337 e. The summed E-state index contributed by atoms with van der Waals surface area (Å²) in [6, 6.07) is 6.97. The van der Waals surface area contributed by atoms with Gasteiger partial charge in [0.25, 0.3) is 11.2 Å². The van der Waals surface area contributed by atoms with Gasteiger partial charge in [0.15, 0.2) is 0 Å². The largest absolute Gasteiger partial charge is 0.478 e. The van der Waals surface area contributed by atoms with Crippen LogP contribution in [0.1, 0.15) is 21.5 Å². The van der Waals surface area contributed by atoms with Crippen molar-refractivity contribution in [3.63, 3.8) is 0 Å². The molecule has 1 N–H and O–H groups in total. The number of aromatic carboxylic acids is 1. The van der Waals surface area contributed by atoms with Crippen LogP contribution in [0.5, 0.6) is 0 Å². The molecule has 7 heteroatoms. The number of carboxylic acid groups (broad SMARTS) is 1. The van der Waals surface area contributed by atoms with Crippen LogP contribution in [-0.2, 0) is 6.54 Å². The molecule has 0 aliphatic heterocycles. The molecule has 0 spiro atoms. The molecule has 1 aromatic carbocycles. The van der Waals surface area contributed by atoms with E-state index in [1.807, 2.05) is 0 Å². The third kappa shape index (κ3) is 2.97. The molecule has 1 aromatic heterocycles. The normalized spacial score (nSPS) is 10.3. The van der Waals surface area contributed by atoms with Crippen molar-refractivity contribution in [2.75, 3.05) is 0 Å². The lowest BCUT2D eigenvalue weighted by molar-refractivity contribution is -0.385. The van der Waals surface area contributed by atoms with E-state index in [0.717, 1.165) is 6.07 Å². The molecule has 0 radical (unpaired) electrons. The van der Waals surface area contributed by atoms with Crippen molar-refractivity contribution < 1.29 is 14.8 Å². The van der Waals surface area contributed by atoms with Crippen molar-refractivity contribution >= 4 is 11.7 Å². The Morgan fingerprint density at radius 3 is 2.67 bits per heavy atom. The summed E-state index contributed by atoms with van der Waals surface area (Å²) in [6.45, 7) is 1.67. The van der Waals surface area contributed by atoms with Gasteiger partial charge in [-0.1, -0.05) is 12.1 Å². The molecule has 0 atom stereocenters. The SMILES string of the molecule is Cc1c(Cn2cc(C(=O)O)ccc2=O)cccc1[N+](=O)[O-]. The summed E-state index contributed by atoms with van der Waals surface area (Å²) in [5.74, 6) is -1.14. The van der Waals surface area contributed by atoms with Gasteiger partial charge in [-0.25, -0.2) is 4.79 Å². The lowest BCUT2D eigenvalue weighted by Crippen LogP contribution is -2.21. The Morgan fingerprint density at radius 2 is 2.05 bits per heavy atom. The Hall–Kier alpha value is -2.96. The fourth-order valence-corrected chi connectivity index (χ4v) is 2.00. The van der Waals surface area contributed by atoms with Crippen LogP contribution in [0.4, 0.5) is 5.69 Å². The highest BCUT2D eigenvalue weighted by atomic mass is 16.6. The Balaban J connectivity index is 2.46. The first-order valence-corrected chi connectivity index (χ1v) is 6.07. The number of pyridine rings is 1. The van der Waals surface area contributed by atoms with E-state index in [1.54, 1.807) is 13.0 Å². The first-order valence-electron chi connectivity index (χ1n) is 6.07. The molecule has 0 bridgehead atoms. The van der Waals surface area contributed by atoms with E-state index in [0.29, 0.717) is 11.1 Å². The van der Waals surface area contributed by atoms with E-state index >= 15 is 0 Å². The second-order valence-electron chi connectivity index (χ2n) is 4.51. The molecule has 108 valence electrons. The lowest BCUT2D eigenvalue weighted by Gasteiger charge is -2.09. The summed E-state index contributed by atoms with van der Waals surface area (Å²) >= 11 is 0. The molecule has 7 nitrogen and oxygen atoms in total. The number of carbonyl (C=O) groups is 1. The highest BCUT2D eigenvalue weighted by Gasteiger charge is 2.14. The van der Waals surface area contributed by atoms with E-state index in [-0.39, 0.29) is 23.4 Å². The summed E-state index contributed by atoms with van der Waals surface area (Å²) in [5, 5.41) is 19.8. The molecule has 2 aromatic rings. The van der Waals surface area contributed by atoms with E-state index in [1.165, 1.54) is 29.0 Å². The predicted octanol–water partition coefficient (Wildman–Crippen LogP) is 1.81. The number of nitro groups is 1. The fourth-order valence-electron chi connectivity index (χ4n) is 2.00. The van der Waals surface area contributed by atoms with Crippen LogP contribution in [0.15, 0.2) is 41.3 Å². The molecule has 0 amide bonds. The first-order chi connectivity index (χ1) is 9.90. The third-order valence-electron chi connectivity index (χ3n) is 3.19. The van der Waals surface area contributed by atoms with Crippen LogP contribution >= 0.6 is 0 Å². The zero-order valence-corrected chi connectivity index (χ0v) is 11.1. The van der Waals surface area contributed by atoms with Crippen LogP contribution in [0.25, 0.3) is 0 Å². The summed E-state index contributed by atoms with van der Waals surface area (Å²) in [7, 11) is 0. The lowest BCUT2D eigenvalue weighted by atomic mass is 10.1. The minimum Gasteiger partial charge on any atom is -0.478 e. The summed E-state index contributed by atoms with van der Waals surface area (Å²) in [6.07, 6.45) is 1.23. The highest BCUT2D eigenvalue weighted by Crippen LogP contribution is 2.21. The van der Waals surface area contributed by atoms with Crippen molar-refractivity contribution in [3.8, 4) is 0 Å². The standard InChI is InChI=1S/C14H12N2O5/c1-9-10(3-2-4-12(9)16(20)21)7-15-8-11(14(18)19)5-6-13(15)17/h2-6,8H,7H2,1H3,(H,18,19). The van der Waals surface area contributed by atoms with Crippen molar-refractivity contribution in [1.82, 2.24) is 4.57 Å². The van der Waals surface area contributed by atoms with Crippen molar-refractivity contribution in [1.29, 1.82) is 0 Å². The van der Waals surface area contributed by atoms with Gasteiger partial charge in [-0.3, -0.25) is 14.9 Å². The Bertz CT molecular complexity index is 779. The molecule has 2 rings (SSSR count). The quantitative estimate of drug-likeness (QED) is 0.682. The highest BCUT2D eigenvalue weighted by molar-refractivity contribution is 5.87. The molecule has 0 aliphatic rings. The number of nitrogens with zero attached hydrogens (tertiary/aromatic N) is 2.